The first kappa shape index (κ1) is 16.8. The van der Waals surface area contributed by atoms with Crippen LogP contribution in [-0.4, -0.2) is 33.7 Å². The van der Waals surface area contributed by atoms with Gasteiger partial charge >= 0.3 is 5.76 Å². The van der Waals surface area contributed by atoms with Gasteiger partial charge in [0.15, 0.2) is 11.8 Å². The lowest BCUT2D eigenvalue weighted by atomic mass is 10.1. The number of furan rings is 1. The molecule has 130 valence electrons. The normalized spacial score (nSPS) is 12.1. The Bertz CT molecular complexity index is 877. The van der Waals surface area contributed by atoms with Gasteiger partial charge in [-0.15, -0.1) is 5.10 Å². The van der Waals surface area contributed by atoms with Crippen molar-refractivity contribution in [2.75, 3.05) is 13.1 Å². The first-order chi connectivity index (χ1) is 12.2. The summed E-state index contributed by atoms with van der Waals surface area (Å²) >= 11 is 0. The van der Waals surface area contributed by atoms with Crippen LogP contribution in [0.25, 0.3) is 11.7 Å². The average Bonchev–Trinajstić information content (AvgIpc) is 3.28. The van der Waals surface area contributed by atoms with E-state index in [2.05, 4.69) is 5.10 Å². The Hall–Kier alpha value is -3.09. The molecule has 7 heteroatoms. The molecule has 0 radical (unpaired) electrons. The topological polar surface area (TPSA) is 81.5 Å². The number of rotatable bonds is 6. The first-order valence-corrected chi connectivity index (χ1v) is 8.13. The molecular formula is C18H19N3O4. The molecule has 0 saturated heterocycles. The SMILES string of the molecule is CCN(CC)C(=O)C(c1ccccc1)n1nc(-c2ccco2)oc1=O. The number of likely N-dealkylation sites (N-methyl/N-ethyl adjacent to an activating group) is 1. The van der Waals surface area contributed by atoms with Crippen molar-refractivity contribution in [3.05, 3.63) is 64.8 Å². The monoisotopic (exact) mass is 341 g/mol. The third-order valence-electron chi connectivity index (χ3n) is 3.97. The van der Waals surface area contributed by atoms with E-state index < -0.39 is 11.8 Å². The second-order valence-corrected chi connectivity index (χ2v) is 5.42. The number of aromatic nitrogens is 2. The molecular weight excluding hydrogens is 322 g/mol. The van der Waals surface area contributed by atoms with E-state index in [-0.39, 0.29) is 11.8 Å². The summed E-state index contributed by atoms with van der Waals surface area (Å²) in [6.45, 7) is 4.86. The molecule has 0 aliphatic carbocycles. The van der Waals surface area contributed by atoms with Crippen LogP contribution in [0.1, 0.15) is 25.5 Å². The molecule has 0 fully saturated rings. The smallest absolute Gasteiger partial charge is 0.438 e. The maximum absolute atomic E-state index is 13.0. The predicted molar refractivity (Wildman–Crippen MR) is 91.0 cm³/mol. The largest absolute Gasteiger partial charge is 0.459 e. The predicted octanol–water partition coefficient (Wildman–Crippen LogP) is 2.55. The van der Waals surface area contributed by atoms with Gasteiger partial charge < -0.3 is 13.7 Å². The summed E-state index contributed by atoms with van der Waals surface area (Å²) < 4.78 is 11.5. The summed E-state index contributed by atoms with van der Waals surface area (Å²) in [5, 5.41) is 4.20. The molecule has 0 spiro atoms. The Morgan fingerprint density at radius 1 is 1.16 bits per heavy atom. The van der Waals surface area contributed by atoms with Gasteiger partial charge in [0, 0.05) is 13.1 Å². The fourth-order valence-electron chi connectivity index (χ4n) is 2.68. The Kier molecular flexibility index (Phi) is 4.83. The van der Waals surface area contributed by atoms with Gasteiger partial charge in [0.25, 0.3) is 11.8 Å². The third-order valence-corrected chi connectivity index (χ3v) is 3.97. The van der Waals surface area contributed by atoms with E-state index in [9.17, 15) is 9.59 Å². The molecule has 1 unspecified atom stereocenters. The van der Waals surface area contributed by atoms with Crippen LogP contribution in [0.3, 0.4) is 0 Å². The van der Waals surface area contributed by atoms with Crippen molar-refractivity contribution in [1.82, 2.24) is 14.7 Å². The summed E-state index contributed by atoms with van der Waals surface area (Å²) in [6, 6.07) is 11.5. The second kappa shape index (κ2) is 7.21. The molecule has 1 amide bonds. The number of benzene rings is 1. The van der Waals surface area contributed by atoms with Crippen LogP contribution in [-0.2, 0) is 4.79 Å². The maximum Gasteiger partial charge on any atom is 0.438 e. The lowest BCUT2D eigenvalue weighted by Gasteiger charge is -2.24. The van der Waals surface area contributed by atoms with Crippen molar-refractivity contribution in [2.24, 2.45) is 0 Å². The van der Waals surface area contributed by atoms with Crippen molar-refractivity contribution < 1.29 is 13.6 Å². The zero-order valence-electron chi connectivity index (χ0n) is 14.1. The lowest BCUT2D eigenvalue weighted by Crippen LogP contribution is -2.40. The number of nitrogens with zero attached hydrogens (tertiary/aromatic N) is 3. The van der Waals surface area contributed by atoms with Crippen LogP contribution >= 0.6 is 0 Å². The first-order valence-electron chi connectivity index (χ1n) is 8.13. The minimum Gasteiger partial charge on any atom is -0.459 e. The van der Waals surface area contributed by atoms with Gasteiger partial charge in [-0.25, -0.2) is 4.79 Å². The number of amides is 1. The maximum atomic E-state index is 13.0. The zero-order chi connectivity index (χ0) is 17.8. The van der Waals surface area contributed by atoms with E-state index in [4.69, 9.17) is 8.83 Å². The quantitative estimate of drug-likeness (QED) is 0.688. The Balaban J connectivity index is 2.09. The molecule has 3 rings (SSSR count). The summed E-state index contributed by atoms with van der Waals surface area (Å²) in [7, 11) is 0. The molecule has 0 aliphatic heterocycles. The summed E-state index contributed by atoms with van der Waals surface area (Å²) in [5.41, 5.74) is 0.667. The molecule has 0 saturated carbocycles. The van der Waals surface area contributed by atoms with Crippen LogP contribution in [0.4, 0.5) is 0 Å². The molecule has 1 atom stereocenters. The van der Waals surface area contributed by atoms with Gasteiger partial charge in [0.2, 0.25) is 0 Å². The van der Waals surface area contributed by atoms with Crippen molar-refractivity contribution in [3.63, 3.8) is 0 Å². The van der Waals surface area contributed by atoms with Crippen molar-refractivity contribution in [2.45, 2.75) is 19.9 Å². The lowest BCUT2D eigenvalue weighted by molar-refractivity contribution is -0.133. The zero-order valence-corrected chi connectivity index (χ0v) is 14.1. The van der Waals surface area contributed by atoms with Gasteiger partial charge in [-0.05, 0) is 31.5 Å². The Morgan fingerprint density at radius 3 is 2.48 bits per heavy atom. The third kappa shape index (κ3) is 3.26. The number of carbonyl (C=O) groups excluding carboxylic acids is 1. The minimum absolute atomic E-state index is 0.0447. The summed E-state index contributed by atoms with van der Waals surface area (Å²) in [5.74, 6) is -0.542. The molecule has 2 aromatic heterocycles. The fraction of sp³-hybridized carbons (Fsp3) is 0.278. The molecule has 0 N–H and O–H groups in total. The molecule has 7 nitrogen and oxygen atoms in total. The molecule has 3 aromatic rings. The van der Waals surface area contributed by atoms with Gasteiger partial charge in [0.1, 0.15) is 0 Å². The molecule has 25 heavy (non-hydrogen) atoms. The number of hydrogen-bond donors (Lipinski definition) is 0. The molecule has 1 aromatic carbocycles. The van der Waals surface area contributed by atoms with E-state index >= 15 is 0 Å². The van der Waals surface area contributed by atoms with Gasteiger partial charge in [-0.1, -0.05) is 30.3 Å². The highest BCUT2D eigenvalue weighted by Crippen LogP contribution is 2.22. The van der Waals surface area contributed by atoms with Gasteiger partial charge in [-0.3, -0.25) is 4.79 Å². The second-order valence-electron chi connectivity index (χ2n) is 5.42. The Morgan fingerprint density at radius 2 is 1.88 bits per heavy atom. The number of carbonyl (C=O) groups is 1. The van der Waals surface area contributed by atoms with Crippen LogP contribution in [0.15, 0.2) is 62.4 Å². The van der Waals surface area contributed by atoms with Crippen LogP contribution < -0.4 is 5.76 Å². The van der Waals surface area contributed by atoms with Crippen molar-refractivity contribution in [1.29, 1.82) is 0 Å². The number of hydrogen-bond acceptors (Lipinski definition) is 5. The highest BCUT2D eigenvalue weighted by molar-refractivity contribution is 5.83. The van der Waals surface area contributed by atoms with E-state index in [1.54, 1.807) is 29.2 Å². The van der Waals surface area contributed by atoms with Crippen LogP contribution in [0.2, 0.25) is 0 Å². The van der Waals surface area contributed by atoms with Crippen LogP contribution in [0.5, 0.6) is 0 Å². The summed E-state index contributed by atoms with van der Waals surface area (Å²) in [6.07, 6.45) is 1.46. The Labute approximate surface area is 144 Å². The van der Waals surface area contributed by atoms with Gasteiger partial charge in [-0.2, -0.15) is 4.68 Å². The highest BCUT2D eigenvalue weighted by Gasteiger charge is 2.30. The van der Waals surface area contributed by atoms with Crippen LogP contribution in [0, 0.1) is 0 Å². The average molecular weight is 341 g/mol. The van der Waals surface area contributed by atoms with Crippen molar-refractivity contribution in [3.8, 4) is 11.7 Å². The summed E-state index contributed by atoms with van der Waals surface area (Å²) in [4.78, 5) is 27.0. The minimum atomic E-state index is -0.888. The van der Waals surface area contributed by atoms with E-state index in [1.165, 1.54) is 6.26 Å². The fourth-order valence-corrected chi connectivity index (χ4v) is 2.68. The standard InChI is InChI=1S/C18H19N3O4/c1-3-20(4-2)17(22)15(13-9-6-5-7-10-13)21-18(23)25-16(19-21)14-11-8-12-24-14/h5-12,15H,3-4H2,1-2H3. The molecule has 2 heterocycles. The van der Waals surface area contributed by atoms with Crippen molar-refractivity contribution >= 4 is 5.91 Å². The van der Waals surface area contributed by atoms with Gasteiger partial charge in [0.05, 0.1) is 6.26 Å². The van der Waals surface area contributed by atoms with E-state index in [1.807, 2.05) is 32.0 Å². The molecule has 0 bridgehead atoms. The van der Waals surface area contributed by atoms with E-state index in [0.29, 0.717) is 24.4 Å². The highest BCUT2D eigenvalue weighted by atomic mass is 16.4. The van der Waals surface area contributed by atoms with E-state index in [0.717, 1.165) is 4.68 Å². The molecule has 0 aliphatic rings.